The molecule has 12 heteroatoms. The first-order valence-corrected chi connectivity index (χ1v) is 8.03. The molecular formula is C14H19BN6O5. The van der Waals surface area contributed by atoms with Gasteiger partial charge in [-0.25, -0.2) is 10.3 Å². The smallest absolute Gasteiger partial charge is 0.534 e. The number of carboxylic acid groups (broad SMARTS) is 1. The van der Waals surface area contributed by atoms with Crippen LogP contribution in [0.4, 0.5) is 0 Å². The number of carbonyl (C=O) groups excluding carboxylic acids is 1. The molecule has 11 nitrogen and oxygen atoms in total. The fourth-order valence-electron chi connectivity index (χ4n) is 2.84. The number of nitrogens with one attached hydrogen (secondary N) is 3. The first-order chi connectivity index (χ1) is 12.5. The van der Waals surface area contributed by atoms with Gasteiger partial charge in [0.25, 0.3) is 0 Å². The third-order valence-corrected chi connectivity index (χ3v) is 4.05. The SMILES string of the molecule is NCCN1NNN=C1CC(=O)N[C@H]1Cc2cccc(C(=O)O)c2OB1O. The lowest BCUT2D eigenvalue weighted by atomic mass is 9.72. The van der Waals surface area contributed by atoms with Gasteiger partial charge < -0.3 is 25.8 Å². The molecule has 138 valence electrons. The van der Waals surface area contributed by atoms with E-state index in [0.717, 1.165) is 0 Å². The molecule has 0 aromatic heterocycles. The summed E-state index contributed by atoms with van der Waals surface area (Å²) in [4.78, 5) is 23.5. The summed E-state index contributed by atoms with van der Waals surface area (Å²) in [6.07, 6.45) is 0.226. The molecule has 1 aromatic carbocycles. The Labute approximate surface area is 149 Å². The van der Waals surface area contributed by atoms with E-state index in [1.807, 2.05) is 0 Å². The second-order valence-corrected chi connectivity index (χ2v) is 5.85. The van der Waals surface area contributed by atoms with Gasteiger partial charge in [-0.05, 0) is 18.1 Å². The number of rotatable bonds is 6. The van der Waals surface area contributed by atoms with Gasteiger partial charge in [0.15, 0.2) is 5.84 Å². The number of hydrazone groups is 1. The van der Waals surface area contributed by atoms with Crippen molar-refractivity contribution in [2.75, 3.05) is 13.1 Å². The van der Waals surface area contributed by atoms with Crippen LogP contribution in [0, 0.1) is 0 Å². The average Bonchev–Trinajstić information content (AvgIpc) is 3.02. The number of para-hydroxylation sites is 1. The highest BCUT2D eigenvalue weighted by Gasteiger charge is 2.38. The van der Waals surface area contributed by atoms with Crippen LogP contribution in [0.5, 0.6) is 5.75 Å². The highest BCUT2D eigenvalue weighted by Crippen LogP contribution is 2.30. The lowest BCUT2D eigenvalue weighted by molar-refractivity contribution is -0.120. The number of aromatic carboxylic acids is 1. The van der Waals surface area contributed by atoms with Crippen LogP contribution in [0.1, 0.15) is 22.3 Å². The number of hydrogen-bond donors (Lipinski definition) is 6. The number of amides is 1. The zero-order valence-corrected chi connectivity index (χ0v) is 13.8. The molecule has 3 rings (SSSR count). The van der Waals surface area contributed by atoms with Gasteiger partial charge in [-0.1, -0.05) is 12.1 Å². The van der Waals surface area contributed by atoms with Crippen LogP contribution in [0.25, 0.3) is 0 Å². The lowest BCUT2D eigenvalue weighted by Gasteiger charge is -2.29. The van der Waals surface area contributed by atoms with Crippen molar-refractivity contribution in [2.45, 2.75) is 18.8 Å². The van der Waals surface area contributed by atoms with Gasteiger partial charge in [-0.2, -0.15) is 0 Å². The van der Waals surface area contributed by atoms with E-state index in [0.29, 0.717) is 24.5 Å². The van der Waals surface area contributed by atoms with Crippen LogP contribution in [-0.4, -0.2) is 59.0 Å². The van der Waals surface area contributed by atoms with Crippen molar-refractivity contribution in [1.29, 1.82) is 0 Å². The molecule has 0 fully saturated rings. The van der Waals surface area contributed by atoms with Gasteiger partial charge in [0.05, 0.1) is 17.9 Å². The van der Waals surface area contributed by atoms with Crippen LogP contribution >= 0.6 is 0 Å². The van der Waals surface area contributed by atoms with Crippen LogP contribution in [0.2, 0.25) is 0 Å². The van der Waals surface area contributed by atoms with Crippen molar-refractivity contribution >= 4 is 24.8 Å². The van der Waals surface area contributed by atoms with Crippen molar-refractivity contribution in [2.24, 2.45) is 10.8 Å². The summed E-state index contributed by atoms with van der Waals surface area (Å²) < 4.78 is 5.35. The van der Waals surface area contributed by atoms with Gasteiger partial charge in [-0.15, -0.1) is 10.6 Å². The van der Waals surface area contributed by atoms with E-state index in [4.69, 9.17) is 10.4 Å². The molecule has 26 heavy (non-hydrogen) atoms. The molecular weight excluding hydrogens is 343 g/mol. The Morgan fingerprint density at radius 2 is 2.31 bits per heavy atom. The number of amidine groups is 1. The molecule has 0 unspecified atom stereocenters. The normalized spacial score (nSPS) is 18.5. The Morgan fingerprint density at radius 1 is 1.50 bits per heavy atom. The zero-order chi connectivity index (χ0) is 18.7. The molecule has 1 amide bonds. The first kappa shape index (κ1) is 18.0. The van der Waals surface area contributed by atoms with E-state index < -0.39 is 19.0 Å². The van der Waals surface area contributed by atoms with E-state index in [-0.39, 0.29) is 30.1 Å². The van der Waals surface area contributed by atoms with Gasteiger partial charge in [0.2, 0.25) is 5.91 Å². The molecule has 2 aliphatic heterocycles. The number of hydrazine groups is 2. The molecule has 7 N–H and O–H groups in total. The van der Waals surface area contributed by atoms with Gasteiger partial charge in [-0.3, -0.25) is 9.80 Å². The van der Waals surface area contributed by atoms with Crippen molar-refractivity contribution in [3.05, 3.63) is 29.3 Å². The van der Waals surface area contributed by atoms with Gasteiger partial charge in [0.1, 0.15) is 5.75 Å². The second kappa shape index (κ2) is 7.60. The summed E-state index contributed by atoms with van der Waals surface area (Å²) in [5.41, 5.74) is 11.4. The number of nitrogens with zero attached hydrogens (tertiary/aromatic N) is 2. The Hall–Kier alpha value is -2.83. The third-order valence-electron chi connectivity index (χ3n) is 4.05. The molecule has 0 radical (unpaired) electrons. The number of carbonyl (C=O) groups is 2. The Bertz CT molecular complexity index is 745. The molecule has 0 aliphatic carbocycles. The fraction of sp³-hybridized carbons (Fsp3) is 0.357. The molecule has 1 aromatic rings. The standard InChI is InChI=1S/C14H19BN6O5/c16-4-5-21-11(18-19-20-21)7-12(22)17-10-6-8-2-1-3-9(14(23)24)13(8)26-15(10)25/h1-3,10,19-20,25H,4-7,16H2,(H,17,22)(H,23,24)/t10-/m0/s1. The number of fused-ring (bicyclic) bond motifs is 1. The van der Waals surface area contributed by atoms with E-state index in [1.165, 1.54) is 6.07 Å². The molecule has 0 bridgehead atoms. The molecule has 0 saturated heterocycles. The average molecular weight is 362 g/mol. The quantitative estimate of drug-likeness (QED) is 0.309. The van der Waals surface area contributed by atoms with Crippen molar-refractivity contribution < 1.29 is 24.4 Å². The zero-order valence-electron chi connectivity index (χ0n) is 13.8. The summed E-state index contributed by atoms with van der Waals surface area (Å²) in [5.74, 6) is -1.61. The maximum Gasteiger partial charge on any atom is 0.547 e. The molecule has 2 aliphatic rings. The topological polar surface area (TPSA) is 162 Å². The van der Waals surface area contributed by atoms with Crippen molar-refractivity contribution in [1.82, 2.24) is 21.4 Å². The summed E-state index contributed by atoms with van der Waals surface area (Å²) in [6, 6.07) is 4.69. The second-order valence-electron chi connectivity index (χ2n) is 5.85. The van der Waals surface area contributed by atoms with Gasteiger partial charge >= 0.3 is 13.1 Å². The Kier molecular flexibility index (Phi) is 5.25. The molecule has 0 spiro atoms. The van der Waals surface area contributed by atoms with Crippen LogP contribution < -0.4 is 26.8 Å². The van der Waals surface area contributed by atoms with E-state index >= 15 is 0 Å². The molecule has 1 atom stereocenters. The van der Waals surface area contributed by atoms with E-state index in [2.05, 4.69) is 21.5 Å². The summed E-state index contributed by atoms with van der Waals surface area (Å²) in [5, 5.41) is 27.6. The lowest BCUT2D eigenvalue weighted by Crippen LogP contribution is -2.54. The van der Waals surface area contributed by atoms with Crippen LogP contribution in [-0.2, 0) is 11.2 Å². The van der Waals surface area contributed by atoms with Crippen molar-refractivity contribution in [3.63, 3.8) is 0 Å². The van der Waals surface area contributed by atoms with Crippen LogP contribution in [0.3, 0.4) is 0 Å². The maximum absolute atomic E-state index is 12.3. The minimum Gasteiger partial charge on any atom is -0.534 e. The predicted molar refractivity (Wildman–Crippen MR) is 91.7 cm³/mol. The highest BCUT2D eigenvalue weighted by atomic mass is 16.5. The largest absolute Gasteiger partial charge is 0.547 e. The monoisotopic (exact) mass is 362 g/mol. The van der Waals surface area contributed by atoms with E-state index in [1.54, 1.807) is 17.1 Å². The highest BCUT2D eigenvalue weighted by molar-refractivity contribution is 6.47. The van der Waals surface area contributed by atoms with E-state index in [9.17, 15) is 19.7 Å². The fourth-order valence-corrected chi connectivity index (χ4v) is 2.84. The first-order valence-electron chi connectivity index (χ1n) is 8.03. The minimum atomic E-state index is -1.35. The number of nitrogens with two attached hydrogens (primary N) is 1. The summed E-state index contributed by atoms with van der Waals surface area (Å²) in [7, 11) is -1.35. The third kappa shape index (κ3) is 3.71. The van der Waals surface area contributed by atoms with Gasteiger partial charge in [0, 0.05) is 13.1 Å². The molecule has 2 heterocycles. The number of hydrogen-bond acceptors (Lipinski definition) is 9. The maximum atomic E-state index is 12.3. The Morgan fingerprint density at radius 3 is 3.04 bits per heavy atom. The number of carboxylic acids is 1. The van der Waals surface area contributed by atoms with Crippen molar-refractivity contribution in [3.8, 4) is 5.75 Å². The number of benzene rings is 1. The minimum absolute atomic E-state index is 0.0226. The molecule has 0 saturated carbocycles. The summed E-state index contributed by atoms with van der Waals surface area (Å²) in [6.45, 7) is 0.854. The summed E-state index contributed by atoms with van der Waals surface area (Å²) >= 11 is 0. The van der Waals surface area contributed by atoms with Crippen LogP contribution in [0.15, 0.2) is 23.3 Å². The predicted octanol–water partition coefficient (Wildman–Crippen LogP) is -2.19. The Balaban J connectivity index is 1.65.